The topological polar surface area (TPSA) is 56.5 Å². The summed E-state index contributed by atoms with van der Waals surface area (Å²) in [5.41, 5.74) is 1.01. The lowest BCUT2D eigenvalue weighted by Gasteiger charge is -2.15. The molecular formula is C16H16O4S. The first kappa shape index (κ1) is 15.4. The molecule has 4 nitrogen and oxygen atoms in total. The van der Waals surface area contributed by atoms with Gasteiger partial charge in [0.05, 0.1) is 19.1 Å². The quantitative estimate of drug-likeness (QED) is 0.579. The third kappa shape index (κ3) is 4.49. The number of benzene rings is 1. The van der Waals surface area contributed by atoms with Crippen LogP contribution in [0, 0.1) is 0 Å². The largest absolute Gasteiger partial charge is 0.468 e. The molecule has 1 atom stereocenters. The fourth-order valence-electron chi connectivity index (χ4n) is 1.87. The van der Waals surface area contributed by atoms with E-state index in [0.717, 1.165) is 5.56 Å². The molecule has 110 valence electrons. The molecule has 1 aromatic carbocycles. The Morgan fingerprint density at radius 3 is 2.57 bits per heavy atom. The molecule has 0 saturated heterocycles. The molecule has 0 bridgehead atoms. The number of furan rings is 1. The van der Waals surface area contributed by atoms with E-state index in [1.54, 1.807) is 12.1 Å². The molecule has 0 radical (unpaired) electrons. The zero-order chi connectivity index (χ0) is 15.1. The van der Waals surface area contributed by atoms with Gasteiger partial charge in [-0.2, -0.15) is 0 Å². The maximum Gasteiger partial charge on any atom is 0.315 e. The molecule has 1 heterocycles. The Morgan fingerprint density at radius 1 is 1.19 bits per heavy atom. The molecular weight excluding hydrogens is 288 g/mol. The number of ether oxygens (including phenoxy) is 1. The number of carbonyl (C=O) groups excluding carboxylic acids is 2. The third-order valence-electron chi connectivity index (χ3n) is 2.97. The molecule has 0 fully saturated rings. The van der Waals surface area contributed by atoms with E-state index >= 15 is 0 Å². The molecule has 1 aromatic heterocycles. The minimum atomic E-state index is -0.300. The number of Topliss-reactive ketones (excluding diaryl/α,β-unsaturated/α-hetero) is 1. The number of rotatable bonds is 7. The monoisotopic (exact) mass is 304 g/mol. The summed E-state index contributed by atoms with van der Waals surface area (Å²) in [5.74, 6) is 0.175. The van der Waals surface area contributed by atoms with Crippen LogP contribution in [0.25, 0.3) is 0 Å². The first-order valence-corrected chi connectivity index (χ1v) is 7.55. The van der Waals surface area contributed by atoms with Gasteiger partial charge in [-0.15, -0.1) is 11.8 Å². The van der Waals surface area contributed by atoms with E-state index in [1.807, 2.05) is 30.3 Å². The molecule has 21 heavy (non-hydrogen) atoms. The van der Waals surface area contributed by atoms with Crippen molar-refractivity contribution in [3.05, 3.63) is 60.1 Å². The van der Waals surface area contributed by atoms with E-state index in [0.29, 0.717) is 5.76 Å². The molecule has 0 N–H and O–H groups in total. The SMILES string of the molecule is COC(=O)CSC(CC(=O)c1ccco1)c1ccccc1. The number of hydrogen-bond acceptors (Lipinski definition) is 5. The van der Waals surface area contributed by atoms with Crippen LogP contribution in [-0.4, -0.2) is 24.6 Å². The molecule has 1 unspecified atom stereocenters. The van der Waals surface area contributed by atoms with E-state index in [-0.39, 0.29) is 29.2 Å². The van der Waals surface area contributed by atoms with Crippen LogP contribution in [0.4, 0.5) is 0 Å². The molecule has 5 heteroatoms. The summed E-state index contributed by atoms with van der Waals surface area (Å²) in [5, 5.41) is -0.108. The number of carbonyl (C=O) groups is 2. The first-order valence-electron chi connectivity index (χ1n) is 6.50. The van der Waals surface area contributed by atoms with Gasteiger partial charge in [0, 0.05) is 11.7 Å². The second-order valence-electron chi connectivity index (χ2n) is 4.39. The second kappa shape index (κ2) is 7.69. The highest BCUT2D eigenvalue weighted by atomic mass is 32.2. The minimum absolute atomic E-state index is 0.0776. The van der Waals surface area contributed by atoms with Crippen molar-refractivity contribution >= 4 is 23.5 Å². The van der Waals surface area contributed by atoms with Crippen molar-refractivity contribution < 1.29 is 18.7 Å². The normalized spacial score (nSPS) is 11.9. The summed E-state index contributed by atoms with van der Waals surface area (Å²) in [6.07, 6.45) is 1.76. The summed E-state index contributed by atoms with van der Waals surface area (Å²) in [7, 11) is 1.36. The van der Waals surface area contributed by atoms with E-state index in [9.17, 15) is 9.59 Å². The highest BCUT2D eigenvalue weighted by Gasteiger charge is 2.20. The summed E-state index contributed by atoms with van der Waals surface area (Å²) < 4.78 is 9.78. The number of esters is 1. The van der Waals surface area contributed by atoms with Gasteiger partial charge >= 0.3 is 5.97 Å². The summed E-state index contributed by atoms with van der Waals surface area (Å²) in [4.78, 5) is 23.5. The maximum atomic E-state index is 12.2. The predicted molar refractivity (Wildman–Crippen MR) is 81.3 cm³/mol. The second-order valence-corrected chi connectivity index (χ2v) is 5.58. The van der Waals surface area contributed by atoms with Crippen molar-refractivity contribution in [1.82, 2.24) is 0 Å². The lowest BCUT2D eigenvalue weighted by molar-refractivity contribution is -0.137. The average Bonchev–Trinajstić information content (AvgIpc) is 3.06. The van der Waals surface area contributed by atoms with Crippen LogP contribution >= 0.6 is 11.8 Å². The van der Waals surface area contributed by atoms with Crippen molar-refractivity contribution in [2.75, 3.05) is 12.9 Å². The summed E-state index contributed by atoms with van der Waals surface area (Å²) in [6, 6.07) is 13.0. The van der Waals surface area contributed by atoms with Crippen LogP contribution in [0.5, 0.6) is 0 Å². The molecule has 0 aliphatic heterocycles. The highest BCUT2D eigenvalue weighted by Crippen LogP contribution is 2.33. The Morgan fingerprint density at radius 2 is 1.95 bits per heavy atom. The van der Waals surface area contributed by atoms with E-state index in [1.165, 1.54) is 25.1 Å². The van der Waals surface area contributed by atoms with Gasteiger partial charge in [0.1, 0.15) is 0 Å². The molecule has 2 rings (SSSR count). The van der Waals surface area contributed by atoms with Crippen molar-refractivity contribution in [1.29, 1.82) is 0 Å². The number of methoxy groups -OCH3 is 1. The van der Waals surface area contributed by atoms with Crippen LogP contribution in [0.15, 0.2) is 53.1 Å². The van der Waals surface area contributed by atoms with Gasteiger partial charge in [0.25, 0.3) is 0 Å². The van der Waals surface area contributed by atoms with Gasteiger partial charge in [-0.05, 0) is 17.7 Å². The summed E-state index contributed by atoms with van der Waals surface area (Å²) >= 11 is 1.40. The van der Waals surface area contributed by atoms with E-state index in [2.05, 4.69) is 4.74 Å². The Hall–Kier alpha value is -2.01. The molecule has 0 saturated carbocycles. The molecule has 0 aliphatic carbocycles. The Balaban J connectivity index is 2.08. The highest BCUT2D eigenvalue weighted by molar-refractivity contribution is 8.00. The molecule has 0 amide bonds. The van der Waals surface area contributed by atoms with Crippen LogP contribution in [-0.2, 0) is 9.53 Å². The zero-order valence-corrected chi connectivity index (χ0v) is 12.5. The Kier molecular flexibility index (Phi) is 5.63. The molecule has 0 aliphatic rings. The van der Waals surface area contributed by atoms with Gasteiger partial charge in [0.2, 0.25) is 0 Å². The van der Waals surface area contributed by atoms with Crippen LogP contribution in [0.1, 0.15) is 27.8 Å². The van der Waals surface area contributed by atoms with Crippen LogP contribution in [0.2, 0.25) is 0 Å². The van der Waals surface area contributed by atoms with Crippen molar-refractivity contribution in [2.45, 2.75) is 11.7 Å². The standard InChI is InChI=1S/C16H16O4S/c1-19-16(18)11-21-15(12-6-3-2-4-7-12)10-13(17)14-8-5-9-20-14/h2-9,15H,10-11H2,1H3. The number of hydrogen-bond donors (Lipinski definition) is 0. The summed E-state index contributed by atoms with van der Waals surface area (Å²) in [6.45, 7) is 0. The molecule has 2 aromatic rings. The van der Waals surface area contributed by atoms with Crippen molar-refractivity contribution in [3.63, 3.8) is 0 Å². The zero-order valence-electron chi connectivity index (χ0n) is 11.7. The van der Waals surface area contributed by atoms with Crippen LogP contribution in [0.3, 0.4) is 0 Å². The van der Waals surface area contributed by atoms with Gasteiger partial charge in [0.15, 0.2) is 11.5 Å². The Labute approximate surface area is 127 Å². The lowest BCUT2D eigenvalue weighted by atomic mass is 10.1. The average molecular weight is 304 g/mol. The van der Waals surface area contributed by atoms with E-state index < -0.39 is 0 Å². The van der Waals surface area contributed by atoms with Gasteiger partial charge < -0.3 is 9.15 Å². The predicted octanol–water partition coefficient (Wildman–Crippen LogP) is 3.50. The Bertz CT molecular complexity index is 578. The smallest absolute Gasteiger partial charge is 0.315 e. The van der Waals surface area contributed by atoms with Crippen LogP contribution < -0.4 is 0 Å². The van der Waals surface area contributed by atoms with Gasteiger partial charge in [-0.25, -0.2) is 0 Å². The lowest BCUT2D eigenvalue weighted by Crippen LogP contribution is -2.09. The molecule has 0 spiro atoms. The maximum absolute atomic E-state index is 12.2. The third-order valence-corrected chi connectivity index (χ3v) is 4.21. The van der Waals surface area contributed by atoms with Crippen molar-refractivity contribution in [2.24, 2.45) is 0 Å². The van der Waals surface area contributed by atoms with Gasteiger partial charge in [-0.1, -0.05) is 30.3 Å². The van der Waals surface area contributed by atoms with E-state index in [4.69, 9.17) is 4.42 Å². The van der Waals surface area contributed by atoms with Crippen molar-refractivity contribution in [3.8, 4) is 0 Å². The fourth-order valence-corrected chi connectivity index (χ4v) is 2.95. The minimum Gasteiger partial charge on any atom is -0.468 e. The number of ketones is 1. The fraction of sp³-hybridized carbons (Fsp3) is 0.250. The number of thioether (sulfide) groups is 1. The van der Waals surface area contributed by atoms with Gasteiger partial charge in [-0.3, -0.25) is 9.59 Å². The first-order chi connectivity index (χ1) is 10.2.